The van der Waals surface area contributed by atoms with Gasteiger partial charge in [0.15, 0.2) is 0 Å². The van der Waals surface area contributed by atoms with Crippen LogP contribution in [0.15, 0.2) is 72.8 Å². The van der Waals surface area contributed by atoms with Crippen molar-refractivity contribution in [2.45, 2.75) is 39.8 Å². The van der Waals surface area contributed by atoms with Crippen LogP contribution in [-0.4, -0.2) is 33.4 Å². The van der Waals surface area contributed by atoms with Gasteiger partial charge in [0.25, 0.3) is 0 Å². The van der Waals surface area contributed by atoms with Crippen LogP contribution in [0, 0.1) is 18.7 Å². The van der Waals surface area contributed by atoms with E-state index in [4.69, 9.17) is 0 Å². The standard InChI is InChI=1S/C28H30FN5O2/c1-19(2)16-17-30-28(36)27(21-10-8-20(3)9-11-21)34(23-14-12-22(29)13-15-23)26(35)18-33-25-7-5-4-6-24(25)31-32-33/h4-15,19,27H,16-18H2,1-3H3,(H,30,36). The van der Waals surface area contributed by atoms with Gasteiger partial charge in [-0.3, -0.25) is 14.5 Å². The van der Waals surface area contributed by atoms with Gasteiger partial charge < -0.3 is 5.32 Å². The highest BCUT2D eigenvalue weighted by Crippen LogP contribution is 2.29. The van der Waals surface area contributed by atoms with Gasteiger partial charge in [-0.25, -0.2) is 9.07 Å². The highest BCUT2D eigenvalue weighted by Gasteiger charge is 2.33. The molecule has 1 N–H and O–H groups in total. The van der Waals surface area contributed by atoms with Crippen LogP contribution in [0.5, 0.6) is 0 Å². The van der Waals surface area contributed by atoms with Crippen LogP contribution >= 0.6 is 0 Å². The molecule has 1 heterocycles. The number of nitrogens with one attached hydrogen (secondary N) is 1. The molecule has 4 rings (SSSR count). The first-order valence-electron chi connectivity index (χ1n) is 12.0. The number of fused-ring (bicyclic) bond motifs is 1. The summed E-state index contributed by atoms with van der Waals surface area (Å²) in [6, 6.07) is 19.5. The van der Waals surface area contributed by atoms with Crippen molar-refractivity contribution >= 4 is 28.5 Å². The predicted octanol–water partition coefficient (Wildman–Crippen LogP) is 4.82. The Morgan fingerprint density at radius 1 is 1.00 bits per heavy atom. The van der Waals surface area contributed by atoms with Crippen molar-refractivity contribution in [1.29, 1.82) is 0 Å². The summed E-state index contributed by atoms with van der Waals surface area (Å²) in [6.45, 7) is 6.47. The molecule has 0 aliphatic rings. The fourth-order valence-electron chi connectivity index (χ4n) is 4.02. The quantitative estimate of drug-likeness (QED) is 0.367. The number of halogens is 1. The topological polar surface area (TPSA) is 80.1 Å². The molecular formula is C28H30FN5O2. The lowest BCUT2D eigenvalue weighted by Gasteiger charge is -2.31. The fraction of sp³-hybridized carbons (Fsp3) is 0.286. The molecule has 186 valence electrons. The van der Waals surface area contributed by atoms with E-state index in [1.807, 2.05) is 55.5 Å². The van der Waals surface area contributed by atoms with E-state index in [-0.39, 0.29) is 18.4 Å². The molecule has 0 spiro atoms. The lowest BCUT2D eigenvalue weighted by atomic mass is 10.0. The zero-order valence-electron chi connectivity index (χ0n) is 20.7. The summed E-state index contributed by atoms with van der Waals surface area (Å²) in [4.78, 5) is 28.9. The van der Waals surface area contributed by atoms with Crippen LogP contribution in [0.1, 0.15) is 37.4 Å². The van der Waals surface area contributed by atoms with E-state index in [0.717, 1.165) is 12.0 Å². The third-order valence-corrected chi connectivity index (χ3v) is 6.00. The minimum Gasteiger partial charge on any atom is -0.354 e. The van der Waals surface area contributed by atoms with Crippen LogP contribution in [0.2, 0.25) is 0 Å². The number of hydrogen-bond donors (Lipinski definition) is 1. The maximum absolute atomic E-state index is 13.9. The summed E-state index contributed by atoms with van der Waals surface area (Å²) in [5.74, 6) is -0.692. The first-order valence-corrected chi connectivity index (χ1v) is 12.0. The summed E-state index contributed by atoms with van der Waals surface area (Å²) in [5, 5.41) is 11.3. The maximum atomic E-state index is 13.9. The number of para-hydroxylation sites is 1. The molecule has 0 saturated carbocycles. The van der Waals surface area contributed by atoms with Gasteiger partial charge in [0.1, 0.15) is 23.9 Å². The Kier molecular flexibility index (Phi) is 7.73. The lowest BCUT2D eigenvalue weighted by molar-refractivity contribution is -0.127. The first-order chi connectivity index (χ1) is 17.3. The van der Waals surface area contributed by atoms with Crippen molar-refractivity contribution in [3.05, 3.63) is 89.7 Å². The van der Waals surface area contributed by atoms with Gasteiger partial charge in [-0.1, -0.05) is 61.0 Å². The number of carbonyl (C=O) groups excluding carboxylic acids is 2. The number of rotatable bonds is 9. The van der Waals surface area contributed by atoms with Crippen molar-refractivity contribution in [3.8, 4) is 0 Å². The Labute approximate surface area is 209 Å². The highest BCUT2D eigenvalue weighted by molar-refractivity contribution is 6.01. The Hall–Kier alpha value is -4.07. The second kappa shape index (κ2) is 11.1. The molecule has 2 amide bonds. The number of anilines is 1. The average Bonchev–Trinajstić information content (AvgIpc) is 3.26. The molecule has 1 atom stereocenters. The number of benzene rings is 3. The normalized spacial score (nSPS) is 12.0. The molecule has 0 radical (unpaired) electrons. The van der Waals surface area contributed by atoms with Gasteiger partial charge in [0, 0.05) is 12.2 Å². The van der Waals surface area contributed by atoms with Crippen LogP contribution < -0.4 is 10.2 Å². The minimum atomic E-state index is -0.953. The Balaban J connectivity index is 1.75. The van der Waals surface area contributed by atoms with Gasteiger partial charge >= 0.3 is 0 Å². The molecule has 1 aromatic heterocycles. The summed E-state index contributed by atoms with van der Waals surface area (Å²) in [5.41, 5.74) is 3.48. The van der Waals surface area contributed by atoms with Crippen LogP contribution in [0.3, 0.4) is 0 Å². The Morgan fingerprint density at radius 3 is 2.39 bits per heavy atom. The summed E-state index contributed by atoms with van der Waals surface area (Å²) in [6.07, 6.45) is 0.807. The minimum absolute atomic E-state index is 0.139. The van der Waals surface area contributed by atoms with E-state index in [1.54, 1.807) is 0 Å². The average molecular weight is 488 g/mol. The Morgan fingerprint density at radius 2 is 1.69 bits per heavy atom. The first kappa shape index (κ1) is 25.0. The van der Waals surface area contributed by atoms with Gasteiger partial charge in [-0.05, 0) is 61.2 Å². The van der Waals surface area contributed by atoms with Crippen molar-refractivity contribution in [2.24, 2.45) is 5.92 Å². The van der Waals surface area contributed by atoms with E-state index >= 15 is 0 Å². The smallest absolute Gasteiger partial charge is 0.249 e. The van der Waals surface area contributed by atoms with E-state index in [1.165, 1.54) is 33.8 Å². The molecule has 4 aromatic rings. The second-order valence-electron chi connectivity index (χ2n) is 9.26. The Bertz CT molecular complexity index is 1330. The molecule has 3 aromatic carbocycles. The van der Waals surface area contributed by atoms with Gasteiger partial charge in [0.2, 0.25) is 11.8 Å². The molecule has 0 fully saturated rings. The molecule has 1 unspecified atom stereocenters. The number of aryl methyl sites for hydroxylation is 1. The van der Waals surface area contributed by atoms with E-state index in [2.05, 4.69) is 29.5 Å². The lowest BCUT2D eigenvalue weighted by Crippen LogP contribution is -2.45. The van der Waals surface area contributed by atoms with Crippen molar-refractivity contribution in [2.75, 3.05) is 11.4 Å². The number of hydrogen-bond acceptors (Lipinski definition) is 4. The zero-order chi connectivity index (χ0) is 25.7. The molecular weight excluding hydrogens is 457 g/mol. The van der Waals surface area contributed by atoms with Crippen LogP contribution in [0.25, 0.3) is 11.0 Å². The number of amides is 2. The zero-order valence-corrected chi connectivity index (χ0v) is 20.7. The highest BCUT2D eigenvalue weighted by atomic mass is 19.1. The third kappa shape index (κ3) is 5.76. The van der Waals surface area contributed by atoms with Gasteiger partial charge in [0.05, 0.1) is 5.52 Å². The van der Waals surface area contributed by atoms with Crippen LogP contribution in [0.4, 0.5) is 10.1 Å². The van der Waals surface area contributed by atoms with Crippen molar-refractivity contribution in [3.63, 3.8) is 0 Å². The van der Waals surface area contributed by atoms with Crippen molar-refractivity contribution < 1.29 is 14.0 Å². The third-order valence-electron chi connectivity index (χ3n) is 6.00. The van der Waals surface area contributed by atoms with Crippen LogP contribution in [-0.2, 0) is 16.1 Å². The molecule has 0 aliphatic heterocycles. The van der Waals surface area contributed by atoms with Gasteiger partial charge in [-0.15, -0.1) is 5.10 Å². The molecule has 0 bridgehead atoms. The summed E-state index contributed by atoms with van der Waals surface area (Å²) in [7, 11) is 0. The summed E-state index contributed by atoms with van der Waals surface area (Å²) < 4.78 is 15.3. The number of aromatic nitrogens is 3. The van der Waals surface area contributed by atoms with E-state index in [9.17, 15) is 14.0 Å². The number of carbonyl (C=O) groups is 2. The largest absolute Gasteiger partial charge is 0.354 e. The molecule has 0 aliphatic carbocycles. The monoisotopic (exact) mass is 487 g/mol. The SMILES string of the molecule is Cc1ccc(C(C(=O)NCCC(C)C)N(C(=O)Cn2nnc3ccccc32)c2ccc(F)cc2)cc1. The molecule has 0 saturated heterocycles. The summed E-state index contributed by atoms with van der Waals surface area (Å²) >= 11 is 0. The van der Waals surface area contributed by atoms with E-state index < -0.39 is 11.9 Å². The molecule has 36 heavy (non-hydrogen) atoms. The fourth-order valence-corrected chi connectivity index (χ4v) is 4.02. The predicted molar refractivity (Wildman–Crippen MR) is 138 cm³/mol. The maximum Gasteiger partial charge on any atom is 0.249 e. The van der Waals surface area contributed by atoms with Crippen molar-refractivity contribution in [1.82, 2.24) is 20.3 Å². The molecule has 8 heteroatoms. The van der Waals surface area contributed by atoms with Gasteiger partial charge in [-0.2, -0.15) is 0 Å². The number of nitrogens with zero attached hydrogens (tertiary/aromatic N) is 4. The second-order valence-corrected chi connectivity index (χ2v) is 9.26. The van der Waals surface area contributed by atoms with E-state index in [0.29, 0.717) is 34.7 Å². The molecule has 7 nitrogen and oxygen atoms in total.